The van der Waals surface area contributed by atoms with Crippen LogP contribution < -0.4 is 10.5 Å². The van der Waals surface area contributed by atoms with Crippen molar-refractivity contribution in [2.24, 2.45) is 5.73 Å². The molecule has 14 heavy (non-hydrogen) atoms. The third kappa shape index (κ3) is 1.49. The van der Waals surface area contributed by atoms with Crippen molar-refractivity contribution in [2.45, 2.75) is 26.3 Å². The van der Waals surface area contributed by atoms with Gasteiger partial charge in [0, 0.05) is 6.54 Å². The number of nitrogens with two attached hydrogens (primary N) is 1. The Morgan fingerprint density at radius 2 is 2.36 bits per heavy atom. The zero-order valence-electron chi connectivity index (χ0n) is 8.27. The molecule has 2 nitrogen and oxygen atoms in total. The Labute approximate surface area is 89.0 Å². The molecular weight excluding hydrogens is 198 g/mol. The molecule has 1 aliphatic rings. The van der Waals surface area contributed by atoms with E-state index in [0.29, 0.717) is 11.6 Å². The van der Waals surface area contributed by atoms with Crippen molar-refractivity contribution in [3.05, 3.63) is 27.8 Å². The van der Waals surface area contributed by atoms with Crippen LogP contribution in [0.15, 0.2) is 6.07 Å². The lowest BCUT2D eigenvalue weighted by molar-refractivity contribution is 0.288. The Bertz CT molecular complexity index is 363. The highest BCUT2D eigenvalue weighted by Gasteiger charge is 2.18. The van der Waals surface area contributed by atoms with Gasteiger partial charge in [-0.1, -0.05) is 11.6 Å². The first-order valence-electron chi connectivity index (χ1n) is 4.87. The van der Waals surface area contributed by atoms with E-state index >= 15 is 0 Å². The first kappa shape index (κ1) is 9.81. The second kappa shape index (κ2) is 3.79. The van der Waals surface area contributed by atoms with E-state index in [0.717, 1.165) is 30.8 Å². The molecule has 0 unspecified atom stereocenters. The van der Waals surface area contributed by atoms with Gasteiger partial charge < -0.3 is 10.5 Å². The average molecular weight is 212 g/mol. The Balaban J connectivity index is 2.58. The van der Waals surface area contributed by atoms with E-state index in [2.05, 4.69) is 6.92 Å². The summed E-state index contributed by atoms with van der Waals surface area (Å²) in [5, 5.41) is 0.700. The van der Waals surface area contributed by atoms with Gasteiger partial charge in [-0.05, 0) is 42.5 Å². The molecule has 1 aromatic rings. The summed E-state index contributed by atoms with van der Waals surface area (Å²) in [6.45, 7) is 3.40. The molecular formula is C11H14ClNO. The van der Waals surface area contributed by atoms with Gasteiger partial charge in [-0.3, -0.25) is 0 Å². The minimum Gasteiger partial charge on any atom is -0.492 e. The van der Waals surface area contributed by atoms with E-state index in [-0.39, 0.29) is 0 Å². The molecule has 0 saturated carbocycles. The molecule has 1 heterocycles. The molecule has 3 heteroatoms. The van der Waals surface area contributed by atoms with Gasteiger partial charge in [-0.2, -0.15) is 0 Å². The predicted octanol–water partition coefficient (Wildman–Crippen LogP) is 2.43. The van der Waals surface area contributed by atoms with E-state index in [4.69, 9.17) is 22.1 Å². The molecule has 0 bridgehead atoms. The highest BCUT2D eigenvalue weighted by molar-refractivity contribution is 6.32. The number of benzene rings is 1. The summed E-state index contributed by atoms with van der Waals surface area (Å²) < 4.78 is 5.56. The van der Waals surface area contributed by atoms with Crippen LogP contribution in [-0.4, -0.2) is 6.61 Å². The second-order valence-electron chi connectivity index (χ2n) is 3.61. The summed E-state index contributed by atoms with van der Waals surface area (Å²) >= 11 is 6.12. The monoisotopic (exact) mass is 211 g/mol. The predicted molar refractivity (Wildman–Crippen MR) is 57.9 cm³/mol. The van der Waals surface area contributed by atoms with Crippen LogP contribution in [0, 0.1) is 6.92 Å². The van der Waals surface area contributed by atoms with Crippen LogP contribution >= 0.6 is 11.6 Å². The summed E-state index contributed by atoms with van der Waals surface area (Å²) in [6, 6.07) is 1.92. The van der Waals surface area contributed by atoms with Crippen LogP contribution in [0.3, 0.4) is 0 Å². The fourth-order valence-electron chi connectivity index (χ4n) is 1.93. The van der Waals surface area contributed by atoms with Gasteiger partial charge >= 0.3 is 0 Å². The van der Waals surface area contributed by atoms with E-state index in [1.807, 2.05) is 6.07 Å². The molecule has 0 aromatic heterocycles. The van der Waals surface area contributed by atoms with Gasteiger partial charge in [-0.15, -0.1) is 0 Å². The van der Waals surface area contributed by atoms with Crippen molar-refractivity contribution in [3.63, 3.8) is 0 Å². The van der Waals surface area contributed by atoms with E-state index in [1.54, 1.807) is 0 Å². The van der Waals surface area contributed by atoms with E-state index in [9.17, 15) is 0 Å². The first-order valence-corrected chi connectivity index (χ1v) is 5.25. The third-order valence-electron chi connectivity index (χ3n) is 2.76. The summed E-state index contributed by atoms with van der Waals surface area (Å²) in [7, 11) is 0. The largest absolute Gasteiger partial charge is 0.492 e. The molecule has 1 aliphatic heterocycles. The second-order valence-corrected chi connectivity index (χ2v) is 4.01. The van der Waals surface area contributed by atoms with Crippen LogP contribution in [0.5, 0.6) is 5.75 Å². The third-order valence-corrected chi connectivity index (χ3v) is 3.04. The fraction of sp³-hybridized carbons (Fsp3) is 0.455. The Morgan fingerprint density at radius 3 is 3.07 bits per heavy atom. The molecule has 0 spiro atoms. The van der Waals surface area contributed by atoms with Gasteiger partial charge in [0.25, 0.3) is 0 Å². The summed E-state index contributed by atoms with van der Waals surface area (Å²) in [5.74, 6) is 0.868. The maximum absolute atomic E-state index is 6.12. The molecule has 0 amide bonds. The summed E-state index contributed by atoms with van der Waals surface area (Å²) in [4.78, 5) is 0. The van der Waals surface area contributed by atoms with Crippen LogP contribution in [0.1, 0.15) is 23.1 Å². The van der Waals surface area contributed by atoms with Crippen molar-refractivity contribution >= 4 is 11.6 Å². The Kier molecular flexibility index (Phi) is 2.66. The topological polar surface area (TPSA) is 35.2 Å². The highest BCUT2D eigenvalue weighted by atomic mass is 35.5. The number of rotatable bonds is 1. The standard InChI is InChI=1S/C11H14ClNO/c1-7-8(6-13)5-10(12)11-9(7)3-2-4-14-11/h5H,2-4,6,13H2,1H3. The Morgan fingerprint density at radius 1 is 1.57 bits per heavy atom. The van der Waals surface area contributed by atoms with Crippen molar-refractivity contribution in [3.8, 4) is 5.75 Å². The molecule has 2 rings (SSSR count). The van der Waals surface area contributed by atoms with E-state index < -0.39 is 0 Å². The zero-order chi connectivity index (χ0) is 10.1. The van der Waals surface area contributed by atoms with Crippen LogP contribution in [0.4, 0.5) is 0 Å². The molecule has 2 N–H and O–H groups in total. The van der Waals surface area contributed by atoms with Crippen LogP contribution in [0.25, 0.3) is 0 Å². The lowest BCUT2D eigenvalue weighted by Crippen LogP contribution is -2.12. The molecule has 0 radical (unpaired) electrons. The number of hydrogen-bond donors (Lipinski definition) is 1. The normalized spacial score (nSPS) is 14.8. The zero-order valence-corrected chi connectivity index (χ0v) is 9.03. The van der Waals surface area contributed by atoms with Gasteiger partial charge in [0.15, 0.2) is 0 Å². The number of halogens is 1. The lowest BCUT2D eigenvalue weighted by Gasteiger charge is -2.22. The highest BCUT2D eigenvalue weighted by Crippen LogP contribution is 2.36. The number of fused-ring (bicyclic) bond motifs is 1. The molecule has 1 aromatic carbocycles. The summed E-state index contributed by atoms with van der Waals surface area (Å²) in [6.07, 6.45) is 2.12. The number of ether oxygens (including phenoxy) is 1. The molecule has 0 aliphatic carbocycles. The van der Waals surface area contributed by atoms with Crippen molar-refractivity contribution < 1.29 is 4.74 Å². The summed E-state index contributed by atoms with van der Waals surface area (Å²) in [5.41, 5.74) is 9.26. The first-order chi connectivity index (χ1) is 6.74. The van der Waals surface area contributed by atoms with Crippen molar-refractivity contribution in [1.29, 1.82) is 0 Å². The Hall–Kier alpha value is -0.730. The molecule has 0 saturated heterocycles. The lowest BCUT2D eigenvalue weighted by atomic mass is 9.96. The van der Waals surface area contributed by atoms with Crippen LogP contribution in [0.2, 0.25) is 5.02 Å². The van der Waals surface area contributed by atoms with E-state index in [1.165, 1.54) is 11.1 Å². The minimum absolute atomic E-state index is 0.541. The maximum atomic E-state index is 6.12. The van der Waals surface area contributed by atoms with Crippen LogP contribution in [-0.2, 0) is 13.0 Å². The van der Waals surface area contributed by atoms with Gasteiger partial charge in [0.05, 0.1) is 11.6 Å². The molecule has 0 atom stereocenters. The van der Waals surface area contributed by atoms with Gasteiger partial charge in [-0.25, -0.2) is 0 Å². The SMILES string of the molecule is Cc1c(CN)cc(Cl)c2c1CCCO2. The van der Waals surface area contributed by atoms with Gasteiger partial charge in [0.2, 0.25) is 0 Å². The molecule has 0 fully saturated rings. The maximum Gasteiger partial charge on any atom is 0.141 e. The van der Waals surface area contributed by atoms with Gasteiger partial charge in [0.1, 0.15) is 5.75 Å². The molecule has 76 valence electrons. The quantitative estimate of drug-likeness (QED) is 0.775. The van der Waals surface area contributed by atoms with Crippen molar-refractivity contribution in [2.75, 3.05) is 6.61 Å². The fourth-order valence-corrected chi connectivity index (χ4v) is 2.23. The van der Waals surface area contributed by atoms with Crippen molar-refractivity contribution in [1.82, 2.24) is 0 Å². The number of hydrogen-bond acceptors (Lipinski definition) is 2. The smallest absolute Gasteiger partial charge is 0.141 e. The average Bonchev–Trinajstić information content (AvgIpc) is 2.23. The minimum atomic E-state index is 0.541.